The molecule has 0 aliphatic heterocycles. The maximum Gasteiger partial charge on any atom is 0.184 e. The van der Waals surface area contributed by atoms with E-state index in [1.165, 1.54) is 0 Å². The fourth-order valence-corrected chi connectivity index (χ4v) is 2.13. The third-order valence-electron chi connectivity index (χ3n) is 3.09. The minimum Gasteiger partial charge on any atom is -0.398 e. The zero-order valence-electron chi connectivity index (χ0n) is 12.1. The molecule has 0 bridgehead atoms. The zero-order chi connectivity index (χ0) is 15.1. The molecule has 7 heteroatoms. The quantitative estimate of drug-likeness (QED) is 0.599. The van der Waals surface area contributed by atoms with Gasteiger partial charge in [0.1, 0.15) is 0 Å². The molecular formula is C14H20ClN5O. The van der Waals surface area contributed by atoms with Crippen molar-refractivity contribution < 1.29 is 4.74 Å². The molecule has 0 spiro atoms. The Hall–Kier alpha value is -1.66. The van der Waals surface area contributed by atoms with Crippen molar-refractivity contribution in [2.45, 2.75) is 32.7 Å². The number of rotatable bonds is 8. The van der Waals surface area contributed by atoms with Crippen LogP contribution in [0.1, 0.15) is 26.2 Å². The molecule has 0 radical (unpaired) electrons. The highest BCUT2D eigenvalue weighted by Crippen LogP contribution is 2.26. The van der Waals surface area contributed by atoms with Gasteiger partial charge in [0.05, 0.1) is 0 Å². The molecule has 0 aliphatic carbocycles. The van der Waals surface area contributed by atoms with Crippen LogP contribution in [-0.4, -0.2) is 33.4 Å². The van der Waals surface area contributed by atoms with E-state index in [-0.39, 0.29) is 0 Å². The predicted octanol–water partition coefficient (Wildman–Crippen LogP) is 2.78. The Morgan fingerprint density at radius 1 is 1.29 bits per heavy atom. The Labute approximate surface area is 129 Å². The van der Waals surface area contributed by atoms with Crippen molar-refractivity contribution in [2.24, 2.45) is 0 Å². The van der Waals surface area contributed by atoms with Crippen LogP contribution in [0.2, 0.25) is 5.02 Å². The van der Waals surface area contributed by atoms with E-state index in [4.69, 9.17) is 22.1 Å². The fraction of sp³-hybridized carbons (Fsp3) is 0.500. The van der Waals surface area contributed by atoms with Crippen molar-refractivity contribution in [1.82, 2.24) is 20.2 Å². The summed E-state index contributed by atoms with van der Waals surface area (Å²) in [6.45, 7) is 4.35. The van der Waals surface area contributed by atoms with Crippen LogP contribution in [0.25, 0.3) is 11.4 Å². The largest absolute Gasteiger partial charge is 0.398 e. The fourth-order valence-electron chi connectivity index (χ4n) is 1.95. The lowest BCUT2D eigenvalue weighted by molar-refractivity contribution is 0.125. The summed E-state index contributed by atoms with van der Waals surface area (Å²) >= 11 is 5.91. The molecule has 0 fully saturated rings. The number of anilines is 1. The number of benzene rings is 1. The van der Waals surface area contributed by atoms with E-state index in [9.17, 15) is 0 Å². The number of hydrogen-bond acceptors (Lipinski definition) is 5. The first-order chi connectivity index (χ1) is 10.2. The van der Waals surface area contributed by atoms with Gasteiger partial charge in [0.2, 0.25) is 0 Å². The average Bonchev–Trinajstić information content (AvgIpc) is 2.91. The summed E-state index contributed by atoms with van der Waals surface area (Å²) < 4.78 is 7.27. The smallest absolute Gasteiger partial charge is 0.184 e. The van der Waals surface area contributed by atoms with Crippen molar-refractivity contribution in [3.8, 4) is 11.4 Å². The Morgan fingerprint density at radius 2 is 2.10 bits per heavy atom. The van der Waals surface area contributed by atoms with Gasteiger partial charge in [-0.25, -0.2) is 4.68 Å². The molecule has 6 nitrogen and oxygen atoms in total. The molecule has 2 N–H and O–H groups in total. The number of unbranched alkanes of at least 4 members (excludes halogenated alkanes) is 1. The summed E-state index contributed by atoms with van der Waals surface area (Å²) in [6.07, 6.45) is 3.10. The molecule has 21 heavy (non-hydrogen) atoms. The van der Waals surface area contributed by atoms with Crippen LogP contribution < -0.4 is 5.73 Å². The maximum atomic E-state index is 5.97. The Kier molecular flexibility index (Phi) is 5.95. The number of halogens is 1. The topological polar surface area (TPSA) is 78.8 Å². The van der Waals surface area contributed by atoms with Gasteiger partial charge in [-0.3, -0.25) is 0 Å². The van der Waals surface area contributed by atoms with E-state index in [1.54, 1.807) is 16.8 Å². The van der Waals surface area contributed by atoms with Gasteiger partial charge in [0, 0.05) is 36.0 Å². The van der Waals surface area contributed by atoms with E-state index in [2.05, 4.69) is 22.4 Å². The first-order valence-electron chi connectivity index (χ1n) is 7.11. The molecule has 0 amide bonds. The van der Waals surface area contributed by atoms with E-state index < -0.39 is 0 Å². The first kappa shape index (κ1) is 15.7. The lowest BCUT2D eigenvalue weighted by Gasteiger charge is -2.07. The molecule has 2 rings (SSSR count). The molecule has 0 aliphatic rings. The number of aryl methyl sites for hydroxylation is 1. The lowest BCUT2D eigenvalue weighted by atomic mass is 10.1. The number of nitrogen functional groups attached to an aromatic ring is 1. The van der Waals surface area contributed by atoms with Gasteiger partial charge in [-0.1, -0.05) is 24.9 Å². The molecule has 1 heterocycles. The van der Waals surface area contributed by atoms with Gasteiger partial charge in [0.25, 0.3) is 0 Å². The summed E-state index contributed by atoms with van der Waals surface area (Å²) in [6, 6.07) is 5.31. The summed E-state index contributed by atoms with van der Waals surface area (Å²) in [5.74, 6) is 0.651. The highest BCUT2D eigenvalue weighted by molar-refractivity contribution is 6.31. The third-order valence-corrected chi connectivity index (χ3v) is 3.32. The standard InChI is InChI=1S/C14H20ClN5O/c1-2-3-8-21-9-4-7-20-14(17-18-19-20)12-6-5-11(15)10-13(12)16/h5-6,10H,2-4,7-9,16H2,1H3. The van der Waals surface area contributed by atoms with E-state index in [1.807, 2.05) is 6.07 Å². The summed E-state index contributed by atoms with van der Waals surface area (Å²) in [5.41, 5.74) is 7.33. The molecular weight excluding hydrogens is 290 g/mol. The van der Waals surface area contributed by atoms with Gasteiger partial charge in [0.15, 0.2) is 5.82 Å². The molecule has 0 saturated heterocycles. The SMILES string of the molecule is CCCCOCCCn1nnnc1-c1ccc(Cl)cc1N. The second-order valence-corrected chi connectivity index (χ2v) is 5.21. The summed E-state index contributed by atoms with van der Waals surface area (Å²) in [7, 11) is 0. The van der Waals surface area contributed by atoms with E-state index in [0.717, 1.165) is 31.4 Å². The highest BCUT2D eigenvalue weighted by Gasteiger charge is 2.12. The van der Waals surface area contributed by atoms with Crippen LogP contribution >= 0.6 is 11.6 Å². The zero-order valence-corrected chi connectivity index (χ0v) is 12.9. The molecule has 1 aromatic carbocycles. The second-order valence-electron chi connectivity index (χ2n) is 4.78. The van der Waals surface area contributed by atoms with Crippen LogP contribution in [0.5, 0.6) is 0 Å². The number of tetrazole rings is 1. The number of nitrogens with two attached hydrogens (primary N) is 1. The first-order valence-corrected chi connectivity index (χ1v) is 7.49. The van der Waals surface area contributed by atoms with E-state index in [0.29, 0.717) is 29.7 Å². The van der Waals surface area contributed by atoms with Crippen molar-refractivity contribution in [3.05, 3.63) is 23.2 Å². The van der Waals surface area contributed by atoms with Crippen molar-refractivity contribution in [2.75, 3.05) is 18.9 Å². The minimum absolute atomic E-state index is 0.567. The molecule has 2 aromatic rings. The predicted molar refractivity (Wildman–Crippen MR) is 83.0 cm³/mol. The van der Waals surface area contributed by atoms with Crippen molar-refractivity contribution in [1.29, 1.82) is 0 Å². The van der Waals surface area contributed by atoms with Gasteiger partial charge < -0.3 is 10.5 Å². The number of ether oxygens (including phenoxy) is 1. The number of nitrogens with zero attached hydrogens (tertiary/aromatic N) is 4. The normalized spacial score (nSPS) is 11.0. The Bertz CT molecular complexity index is 572. The van der Waals surface area contributed by atoms with Crippen LogP contribution in [0, 0.1) is 0 Å². The maximum absolute atomic E-state index is 5.97. The molecule has 0 atom stereocenters. The van der Waals surface area contributed by atoms with Crippen LogP contribution in [0.15, 0.2) is 18.2 Å². The monoisotopic (exact) mass is 309 g/mol. The highest BCUT2D eigenvalue weighted by atomic mass is 35.5. The molecule has 0 unspecified atom stereocenters. The Morgan fingerprint density at radius 3 is 2.86 bits per heavy atom. The third kappa shape index (κ3) is 4.41. The van der Waals surface area contributed by atoms with Crippen LogP contribution in [0.4, 0.5) is 5.69 Å². The second kappa shape index (κ2) is 7.95. The van der Waals surface area contributed by atoms with Crippen molar-refractivity contribution >= 4 is 17.3 Å². The van der Waals surface area contributed by atoms with Crippen LogP contribution in [-0.2, 0) is 11.3 Å². The number of hydrogen-bond donors (Lipinski definition) is 1. The average molecular weight is 310 g/mol. The molecule has 1 aromatic heterocycles. The van der Waals surface area contributed by atoms with Crippen molar-refractivity contribution in [3.63, 3.8) is 0 Å². The van der Waals surface area contributed by atoms with Gasteiger partial charge in [-0.15, -0.1) is 5.10 Å². The van der Waals surface area contributed by atoms with Gasteiger partial charge in [-0.2, -0.15) is 0 Å². The van der Waals surface area contributed by atoms with Gasteiger partial charge in [-0.05, 0) is 41.5 Å². The van der Waals surface area contributed by atoms with Gasteiger partial charge >= 0.3 is 0 Å². The molecule has 0 saturated carbocycles. The van der Waals surface area contributed by atoms with E-state index >= 15 is 0 Å². The minimum atomic E-state index is 0.567. The lowest BCUT2D eigenvalue weighted by Crippen LogP contribution is -2.07. The molecule has 114 valence electrons. The summed E-state index contributed by atoms with van der Waals surface area (Å²) in [4.78, 5) is 0. The Balaban J connectivity index is 1.95. The van der Waals surface area contributed by atoms with Crippen LogP contribution in [0.3, 0.4) is 0 Å². The number of aromatic nitrogens is 4. The summed E-state index contributed by atoms with van der Waals surface area (Å²) in [5, 5.41) is 12.4.